The van der Waals surface area contributed by atoms with Crippen molar-refractivity contribution in [3.05, 3.63) is 72.1 Å². The van der Waals surface area contributed by atoms with E-state index in [1.807, 2.05) is 18.2 Å². The lowest BCUT2D eigenvalue weighted by atomic mass is 10.1. The van der Waals surface area contributed by atoms with Gasteiger partial charge in [0.05, 0.1) is 11.9 Å². The molecule has 3 aromatic rings. The predicted molar refractivity (Wildman–Crippen MR) is 113 cm³/mol. The van der Waals surface area contributed by atoms with Crippen molar-refractivity contribution in [2.45, 2.75) is 16.5 Å². The molecular weight excluding hydrogens is 408 g/mol. The molecule has 0 saturated heterocycles. The quantitative estimate of drug-likeness (QED) is 0.674. The maximum Gasteiger partial charge on any atom is 0.255 e. The molecule has 1 N–H and O–H groups in total. The van der Waals surface area contributed by atoms with Crippen LogP contribution in [-0.2, 0) is 16.4 Å². The topological polar surface area (TPSA) is 92.3 Å². The van der Waals surface area contributed by atoms with Crippen molar-refractivity contribution >= 4 is 39.1 Å². The van der Waals surface area contributed by atoms with Crippen LogP contribution in [0.25, 0.3) is 0 Å². The van der Waals surface area contributed by atoms with Gasteiger partial charge in [0.2, 0.25) is 10.0 Å². The number of pyridine rings is 2. The molecule has 1 aromatic carbocycles. The molecule has 4 rings (SSSR count). The van der Waals surface area contributed by atoms with Crippen LogP contribution in [0.4, 0.5) is 11.4 Å². The number of anilines is 2. The highest BCUT2D eigenvalue weighted by Crippen LogP contribution is 2.31. The van der Waals surface area contributed by atoms with Crippen LogP contribution in [0.15, 0.2) is 71.0 Å². The molecule has 0 spiro atoms. The van der Waals surface area contributed by atoms with Gasteiger partial charge in [-0.1, -0.05) is 17.8 Å². The van der Waals surface area contributed by atoms with Gasteiger partial charge in [0.25, 0.3) is 5.91 Å². The number of amides is 1. The fourth-order valence-corrected chi connectivity index (χ4v) is 4.85. The van der Waals surface area contributed by atoms with Gasteiger partial charge in [0, 0.05) is 30.2 Å². The summed E-state index contributed by atoms with van der Waals surface area (Å²) >= 11 is 1.41. The van der Waals surface area contributed by atoms with Gasteiger partial charge in [-0.05, 0) is 54.4 Å². The zero-order valence-electron chi connectivity index (χ0n) is 15.6. The van der Waals surface area contributed by atoms with Crippen molar-refractivity contribution in [2.24, 2.45) is 0 Å². The first-order valence-electron chi connectivity index (χ1n) is 8.87. The number of aromatic nitrogens is 2. The molecule has 1 amide bonds. The summed E-state index contributed by atoms with van der Waals surface area (Å²) in [5.74, 6) is -0.259. The van der Waals surface area contributed by atoms with Crippen molar-refractivity contribution in [2.75, 3.05) is 22.4 Å². The SMILES string of the molecule is CS(=O)(=O)N1CCc2cc(C(=O)Nc3ccnc(Sc4ccccn4)c3)ccc21. The average molecular weight is 427 g/mol. The van der Waals surface area contributed by atoms with Crippen LogP contribution in [0.1, 0.15) is 15.9 Å². The summed E-state index contributed by atoms with van der Waals surface area (Å²) in [7, 11) is -3.31. The van der Waals surface area contributed by atoms with Gasteiger partial charge in [0.15, 0.2) is 0 Å². The molecule has 148 valence electrons. The Labute approximate surface area is 173 Å². The van der Waals surface area contributed by atoms with E-state index in [2.05, 4.69) is 15.3 Å². The number of hydrogen-bond donors (Lipinski definition) is 1. The van der Waals surface area contributed by atoms with E-state index in [-0.39, 0.29) is 5.91 Å². The van der Waals surface area contributed by atoms with Crippen LogP contribution >= 0.6 is 11.8 Å². The second-order valence-corrected chi connectivity index (χ2v) is 9.48. The molecule has 1 aliphatic rings. The van der Waals surface area contributed by atoms with Gasteiger partial charge in [0.1, 0.15) is 10.1 Å². The molecule has 0 fully saturated rings. The van der Waals surface area contributed by atoms with Gasteiger partial charge in [-0.3, -0.25) is 9.10 Å². The Morgan fingerprint density at radius 2 is 1.90 bits per heavy atom. The van der Waals surface area contributed by atoms with Gasteiger partial charge in [-0.15, -0.1) is 0 Å². The zero-order chi connectivity index (χ0) is 20.4. The van der Waals surface area contributed by atoms with Gasteiger partial charge in [-0.25, -0.2) is 18.4 Å². The molecule has 7 nitrogen and oxygen atoms in total. The molecule has 0 radical (unpaired) electrons. The van der Waals surface area contributed by atoms with E-state index in [1.54, 1.807) is 42.7 Å². The average Bonchev–Trinajstić information content (AvgIpc) is 3.13. The number of rotatable bonds is 5. The Balaban J connectivity index is 1.50. The molecule has 1 aliphatic heterocycles. The third-order valence-electron chi connectivity index (χ3n) is 4.43. The van der Waals surface area contributed by atoms with E-state index in [9.17, 15) is 13.2 Å². The lowest BCUT2D eigenvalue weighted by Crippen LogP contribution is -2.27. The first kappa shape index (κ1) is 19.4. The summed E-state index contributed by atoms with van der Waals surface area (Å²) < 4.78 is 25.1. The summed E-state index contributed by atoms with van der Waals surface area (Å²) in [5, 5.41) is 4.41. The molecule has 3 heterocycles. The number of sulfonamides is 1. The summed E-state index contributed by atoms with van der Waals surface area (Å²) in [6, 6.07) is 14.2. The highest BCUT2D eigenvalue weighted by molar-refractivity contribution is 7.99. The highest BCUT2D eigenvalue weighted by atomic mass is 32.2. The van der Waals surface area contributed by atoms with Gasteiger partial charge < -0.3 is 5.32 Å². The van der Waals surface area contributed by atoms with Crippen molar-refractivity contribution in [1.82, 2.24) is 9.97 Å². The second kappa shape index (κ2) is 7.84. The minimum Gasteiger partial charge on any atom is -0.322 e. The number of nitrogens with zero attached hydrogens (tertiary/aromatic N) is 3. The Kier molecular flexibility index (Phi) is 5.25. The Hall–Kier alpha value is -2.91. The van der Waals surface area contributed by atoms with Crippen molar-refractivity contribution in [1.29, 1.82) is 0 Å². The Morgan fingerprint density at radius 3 is 2.66 bits per heavy atom. The standard InChI is InChI=1S/C20H18N4O3S2/c1-29(26,27)24-11-8-14-12-15(5-6-17(14)24)20(25)23-16-7-10-22-19(13-16)28-18-4-2-3-9-21-18/h2-7,9-10,12-13H,8,11H2,1H3,(H,22,23,25). The van der Waals surface area contributed by atoms with Crippen LogP contribution in [-0.4, -0.2) is 37.1 Å². The third kappa shape index (κ3) is 4.41. The van der Waals surface area contributed by atoms with E-state index >= 15 is 0 Å². The van der Waals surface area contributed by atoms with Crippen LogP contribution in [0.2, 0.25) is 0 Å². The fraction of sp³-hybridized carbons (Fsp3) is 0.150. The Bertz CT molecular complexity index is 1170. The highest BCUT2D eigenvalue weighted by Gasteiger charge is 2.26. The van der Waals surface area contributed by atoms with Crippen molar-refractivity contribution in [3.8, 4) is 0 Å². The number of benzene rings is 1. The zero-order valence-corrected chi connectivity index (χ0v) is 17.2. The van der Waals surface area contributed by atoms with E-state index in [0.29, 0.717) is 29.9 Å². The lowest BCUT2D eigenvalue weighted by Gasteiger charge is -2.16. The molecule has 0 saturated carbocycles. The van der Waals surface area contributed by atoms with Crippen molar-refractivity contribution < 1.29 is 13.2 Å². The number of hydrogen-bond acceptors (Lipinski definition) is 6. The van der Waals surface area contributed by atoms with Crippen LogP contribution in [0.5, 0.6) is 0 Å². The predicted octanol–water partition coefficient (Wildman–Crippen LogP) is 3.20. The van der Waals surface area contributed by atoms with E-state index in [4.69, 9.17) is 0 Å². The minimum absolute atomic E-state index is 0.259. The third-order valence-corrected chi connectivity index (χ3v) is 6.50. The smallest absolute Gasteiger partial charge is 0.255 e. The lowest BCUT2D eigenvalue weighted by molar-refractivity contribution is 0.102. The first-order valence-corrected chi connectivity index (χ1v) is 11.5. The number of carbonyl (C=O) groups is 1. The number of fused-ring (bicyclic) bond motifs is 1. The van der Waals surface area contributed by atoms with Gasteiger partial charge >= 0.3 is 0 Å². The first-order chi connectivity index (χ1) is 13.9. The van der Waals surface area contributed by atoms with E-state index < -0.39 is 10.0 Å². The fourth-order valence-electron chi connectivity index (χ4n) is 3.12. The summed E-state index contributed by atoms with van der Waals surface area (Å²) in [6.45, 7) is 0.400. The van der Waals surface area contributed by atoms with E-state index in [0.717, 1.165) is 15.6 Å². The molecule has 0 unspecified atom stereocenters. The minimum atomic E-state index is -3.31. The molecule has 9 heteroatoms. The molecule has 0 aliphatic carbocycles. The maximum atomic E-state index is 12.7. The largest absolute Gasteiger partial charge is 0.322 e. The molecule has 29 heavy (non-hydrogen) atoms. The molecule has 2 aromatic heterocycles. The summed E-state index contributed by atoms with van der Waals surface area (Å²) in [4.78, 5) is 21.2. The van der Waals surface area contributed by atoms with Crippen LogP contribution < -0.4 is 9.62 Å². The summed E-state index contributed by atoms with van der Waals surface area (Å²) in [6.07, 6.45) is 5.12. The van der Waals surface area contributed by atoms with Crippen LogP contribution in [0, 0.1) is 0 Å². The number of nitrogens with one attached hydrogen (secondary N) is 1. The normalized spacial score (nSPS) is 13.2. The molecular formula is C20H18N4O3S2. The summed E-state index contributed by atoms with van der Waals surface area (Å²) in [5.41, 5.74) is 2.60. The van der Waals surface area contributed by atoms with Gasteiger partial charge in [-0.2, -0.15) is 0 Å². The van der Waals surface area contributed by atoms with E-state index in [1.165, 1.54) is 22.3 Å². The molecule has 0 bridgehead atoms. The van der Waals surface area contributed by atoms with Crippen molar-refractivity contribution in [3.63, 3.8) is 0 Å². The maximum absolute atomic E-state index is 12.7. The number of carbonyl (C=O) groups excluding carboxylic acids is 1. The monoisotopic (exact) mass is 426 g/mol. The molecule has 0 atom stereocenters. The Morgan fingerprint density at radius 1 is 1.07 bits per heavy atom. The second-order valence-electron chi connectivity index (χ2n) is 6.54. The van der Waals surface area contributed by atoms with Crippen LogP contribution in [0.3, 0.4) is 0 Å².